The first-order chi connectivity index (χ1) is 12.9. The molecule has 3 rings (SSSR count). The van der Waals surface area contributed by atoms with Crippen LogP contribution in [0.1, 0.15) is 47.5 Å². The molecule has 3 aliphatic rings. The second kappa shape index (κ2) is 6.77. The van der Waals surface area contributed by atoms with Crippen LogP contribution in [0, 0.1) is 5.41 Å². The Hall–Kier alpha value is -0.990. The van der Waals surface area contributed by atoms with Gasteiger partial charge in [-0.15, -0.1) is 0 Å². The highest BCUT2D eigenvalue weighted by atomic mass is 31.2. The molecule has 3 fully saturated rings. The van der Waals surface area contributed by atoms with Gasteiger partial charge in [-0.1, -0.05) is 13.8 Å². The minimum Gasteiger partial charge on any atom is -0.371 e. The molecule has 0 bridgehead atoms. The molecule has 0 saturated carbocycles. The van der Waals surface area contributed by atoms with E-state index in [1.165, 1.54) is 23.6 Å². The summed E-state index contributed by atoms with van der Waals surface area (Å²) >= 11 is 0. The molecule has 2 N–H and O–H groups in total. The Morgan fingerprint density at radius 3 is 1.96 bits per heavy atom. The van der Waals surface area contributed by atoms with Crippen LogP contribution >= 0.6 is 7.60 Å². The van der Waals surface area contributed by atoms with Crippen molar-refractivity contribution in [2.24, 2.45) is 5.41 Å². The molecular weight excluding hydrogens is 387 g/mol. The molecule has 3 unspecified atom stereocenters. The first-order valence-corrected chi connectivity index (χ1v) is 11.4. The molecule has 0 aromatic rings. The topological polar surface area (TPSA) is 123 Å². The number of hydrogen-bond donors (Lipinski definition) is 2. The summed E-state index contributed by atoms with van der Waals surface area (Å²) in [5, 5.41) is -1.52. The number of carbonyl (C=O) groups is 2. The fraction of sp³-hybridized carbons (Fsp3) is 0.889. The van der Waals surface area contributed by atoms with Crippen LogP contribution < -0.4 is 0 Å². The zero-order valence-electron chi connectivity index (χ0n) is 17.2. The second-order valence-electron chi connectivity index (χ2n) is 8.68. The average molecular weight is 418 g/mol. The van der Waals surface area contributed by atoms with Gasteiger partial charge in [-0.05, 0) is 33.6 Å². The Kier molecular flexibility index (Phi) is 5.25. The molecule has 10 heteroatoms. The predicted octanol–water partition coefficient (Wildman–Crippen LogP) is 1.57. The first-order valence-electron chi connectivity index (χ1n) is 9.79. The maximum Gasteiger partial charge on any atom is 0.331 e. The number of hydrogen-bond acceptors (Lipinski definition) is 5. The van der Waals surface area contributed by atoms with E-state index in [0.717, 1.165) is 0 Å². The van der Waals surface area contributed by atoms with Crippen molar-refractivity contribution in [3.05, 3.63) is 0 Å². The summed E-state index contributed by atoms with van der Waals surface area (Å²) < 4.78 is 23.1. The molecule has 3 atom stereocenters. The monoisotopic (exact) mass is 418 g/mol. The Morgan fingerprint density at radius 1 is 1.11 bits per heavy atom. The van der Waals surface area contributed by atoms with Crippen molar-refractivity contribution in [3.63, 3.8) is 0 Å². The van der Waals surface area contributed by atoms with Crippen LogP contribution in [0.5, 0.6) is 0 Å². The molecule has 0 spiro atoms. The third kappa shape index (κ3) is 2.94. The Bertz CT molecular complexity index is 709. The number of amides is 3. The number of ether oxygens (including phenoxy) is 2. The van der Waals surface area contributed by atoms with Gasteiger partial charge in [0.05, 0.1) is 43.7 Å². The van der Waals surface area contributed by atoms with Crippen LogP contribution in [0.3, 0.4) is 0 Å². The zero-order valence-corrected chi connectivity index (χ0v) is 18.1. The highest BCUT2D eigenvalue weighted by molar-refractivity contribution is 7.53. The van der Waals surface area contributed by atoms with Crippen molar-refractivity contribution >= 4 is 19.5 Å². The lowest BCUT2D eigenvalue weighted by Crippen LogP contribution is -2.66. The van der Waals surface area contributed by atoms with Crippen LogP contribution in [0.4, 0.5) is 4.79 Å². The van der Waals surface area contributed by atoms with Gasteiger partial charge < -0.3 is 24.2 Å². The highest BCUT2D eigenvalue weighted by Crippen LogP contribution is 2.66. The lowest BCUT2D eigenvalue weighted by Gasteiger charge is -2.56. The minimum atomic E-state index is -4.61. The molecule has 3 saturated heterocycles. The lowest BCUT2D eigenvalue weighted by atomic mass is 9.59. The molecule has 9 nitrogen and oxygen atoms in total. The van der Waals surface area contributed by atoms with Crippen LogP contribution in [0.2, 0.25) is 0 Å². The lowest BCUT2D eigenvalue weighted by molar-refractivity contribution is -0.142. The van der Waals surface area contributed by atoms with Crippen molar-refractivity contribution in [1.82, 2.24) is 9.80 Å². The van der Waals surface area contributed by atoms with Crippen molar-refractivity contribution in [2.45, 2.75) is 70.4 Å². The van der Waals surface area contributed by atoms with E-state index in [-0.39, 0.29) is 25.3 Å². The Morgan fingerprint density at radius 2 is 1.57 bits per heavy atom. The molecule has 3 amide bonds. The molecule has 28 heavy (non-hydrogen) atoms. The molecule has 3 heterocycles. The molecular formula is C18H31N2O7P. The van der Waals surface area contributed by atoms with E-state index in [2.05, 4.69) is 0 Å². The minimum absolute atomic E-state index is 0.155. The summed E-state index contributed by atoms with van der Waals surface area (Å²) in [5.41, 5.74) is -2.54. The van der Waals surface area contributed by atoms with Crippen LogP contribution in [-0.2, 0) is 18.8 Å². The van der Waals surface area contributed by atoms with Gasteiger partial charge in [0.15, 0.2) is 0 Å². The summed E-state index contributed by atoms with van der Waals surface area (Å²) in [7, 11) is -4.61. The summed E-state index contributed by atoms with van der Waals surface area (Å²) in [5.74, 6) is -0.418. The summed E-state index contributed by atoms with van der Waals surface area (Å²) in [6.45, 7) is 9.70. The number of carbonyl (C=O) groups excluding carboxylic acids is 2. The first kappa shape index (κ1) is 21.7. The fourth-order valence-electron chi connectivity index (χ4n) is 5.12. The standard InChI is InChI=1S/C18H31N2O7P/c1-6-18(7-2,16(3,4)28(23,24)25)17(5)14(21)19(8-12-10-26-12)15(22)20(17)9-13-11-27-13/h12-13H,6-11H2,1-5H3,(H2,23,24,25). The number of nitrogens with zero attached hydrogens (tertiary/aromatic N) is 2. The molecule has 0 aromatic carbocycles. The zero-order chi connectivity index (χ0) is 21.1. The Balaban J connectivity index is 2.14. The average Bonchev–Trinajstić information content (AvgIpc) is 3.51. The fourth-order valence-corrected chi connectivity index (χ4v) is 6.21. The van der Waals surface area contributed by atoms with Crippen LogP contribution in [0.25, 0.3) is 0 Å². The van der Waals surface area contributed by atoms with E-state index in [9.17, 15) is 23.9 Å². The molecule has 0 aromatic heterocycles. The van der Waals surface area contributed by atoms with Crippen LogP contribution in [-0.4, -0.2) is 80.7 Å². The molecule has 160 valence electrons. The van der Waals surface area contributed by atoms with E-state index >= 15 is 0 Å². The van der Waals surface area contributed by atoms with E-state index < -0.39 is 35.6 Å². The van der Waals surface area contributed by atoms with E-state index in [0.29, 0.717) is 26.1 Å². The van der Waals surface area contributed by atoms with Gasteiger partial charge in [-0.2, -0.15) is 0 Å². The normalized spacial score (nSPS) is 31.0. The second-order valence-corrected chi connectivity index (χ2v) is 10.9. The molecule has 3 aliphatic heterocycles. The maximum atomic E-state index is 13.7. The third-order valence-corrected chi connectivity index (χ3v) is 9.16. The van der Waals surface area contributed by atoms with Crippen LogP contribution in [0.15, 0.2) is 0 Å². The van der Waals surface area contributed by atoms with Gasteiger partial charge >= 0.3 is 13.6 Å². The molecule has 0 aliphatic carbocycles. The van der Waals surface area contributed by atoms with E-state index in [1.807, 2.05) is 13.8 Å². The van der Waals surface area contributed by atoms with Gasteiger partial charge in [0, 0.05) is 5.41 Å². The number of imide groups is 1. The van der Waals surface area contributed by atoms with Crippen molar-refractivity contribution in [3.8, 4) is 0 Å². The van der Waals surface area contributed by atoms with Gasteiger partial charge in [0.1, 0.15) is 5.54 Å². The number of urea groups is 1. The molecule has 0 radical (unpaired) electrons. The quantitative estimate of drug-likeness (QED) is 0.331. The van der Waals surface area contributed by atoms with E-state index in [4.69, 9.17) is 9.47 Å². The maximum absolute atomic E-state index is 13.7. The summed E-state index contributed by atoms with van der Waals surface area (Å²) in [6, 6.07) is -0.439. The van der Waals surface area contributed by atoms with E-state index in [1.54, 1.807) is 6.92 Å². The van der Waals surface area contributed by atoms with Gasteiger partial charge in [0.25, 0.3) is 5.91 Å². The number of rotatable bonds is 9. The largest absolute Gasteiger partial charge is 0.371 e. The van der Waals surface area contributed by atoms with Crippen molar-refractivity contribution < 1.29 is 33.4 Å². The van der Waals surface area contributed by atoms with Gasteiger partial charge in [-0.25, -0.2) is 4.79 Å². The predicted molar refractivity (Wildman–Crippen MR) is 101 cm³/mol. The third-order valence-electron chi connectivity index (χ3n) is 7.28. The number of epoxide rings is 2. The Labute approximate surface area is 165 Å². The highest BCUT2D eigenvalue weighted by Gasteiger charge is 2.71. The SMILES string of the molecule is CCC(CC)(C1(C)C(=O)N(CC2CO2)C(=O)N1CC1CO1)C(C)(C)P(=O)(O)O. The smallest absolute Gasteiger partial charge is 0.331 e. The van der Waals surface area contributed by atoms with Gasteiger partial charge in [-0.3, -0.25) is 14.3 Å². The van der Waals surface area contributed by atoms with Crippen molar-refractivity contribution in [1.29, 1.82) is 0 Å². The summed E-state index contributed by atoms with van der Waals surface area (Å²) in [4.78, 5) is 50.0. The summed E-state index contributed by atoms with van der Waals surface area (Å²) in [6.07, 6.45) is 0.333. The van der Waals surface area contributed by atoms with Gasteiger partial charge in [0.2, 0.25) is 0 Å². The van der Waals surface area contributed by atoms with Crippen molar-refractivity contribution in [2.75, 3.05) is 26.3 Å².